The minimum atomic E-state index is -0.312. The van der Waals surface area contributed by atoms with Crippen LogP contribution in [-0.2, 0) is 6.42 Å². The Bertz CT molecular complexity index is 522. The van der Waals surface area contributed by atoms with E-state index >= 15 is 0 Å². The summed E-state index contributed by atoms with van der Waals surface area (Å²) in [5, 5.41) is 0. The van der Waals surface area contributed by atoms with Crippen molar-refractivity contribution in [1.82, 2.24) is 4.98 Å². The lowest BCUT2D eigenvalue weighted by molar-refractivity contribution is 0.0991. The third-order valence-electron chi connectivity index (χ3n) is 2.88. The van der Waals surface area contributed by atoms with Crippen LogP contribution in [0.15, 0.2) is 48.8 Å². The van der Waals surface area contributed by atoms with Gasteiger partial charge in [-0.15, -0.1) is 0 Å². The van der Waals surface area contributed by atoms with Crippen molar-refractivity contribution in [3.05, 3.63) is 65.5 Å². The average Bonchev–Trinajstić information content (AvgIpc) is 2.47. The van der Waals surface area contributed by atoms with Crippen LogP contribution in [-0.4, -0.2) is 10.8 Å². The molecule has 0 radical (unpaired) electrons. The highest BCUT2D eigenvalue weighted by Gasteiger charge is 2.18. The molecule has 3 heteroatoms. The van der Waals surface area contributed by atoms with Gasteiger partial charge in [-0.2, -0.15) is 0 Å². The highest BCUT2D eigenvalue weighted by Crippen LogP contribution is 2.26. The van der Waals surface area contributed by atoms with E-state index in [0.29, 0.717) is 0 Å². The van der Waals surface area contributed by atoms with Gasteiger partial charge in [0.1, 0.15) is 4.83 Å². The molecule has 0 saturated carbocycles. The molecule has 0 aliphatic rings. The van der Waals surface area contributed by atoms with Crippen LogP contribution in [0.3, 0.4) is 0 Å². The maximum Gasteiger partial charge on any atom is 0.180 e. The molecule has 0 aliphatic heterocycles. The first-order valence-electron chi connectivity index (χ1n) is 5.89. The molecule has 1 aromatic heterocycles. The predicted octanol–water partition coefficient (Wildman–Crippen LogP) is 3.96. The summed E-state index contributed by atoms with van der Waals surface area (Å²) in [5.74, 6) is 0.0730. The lowest BCUT2D eigenvalue weighted by atomic mass is 10.0. The van der Waals surface area contributed by atoms with Crippen molar-refractivity contribution < 1.29 is 4.79 Å². The molecule has 92 valence electrons. The van der Waals surface area contributed by atoms with E-state index in [1.165, 1.54) is 5.56 Å². The second-order valence-corrected chi connectivity index (χ2v) is 4.97. The Balaban J connectivity index is 2.20. The highest BCUT2D eigenvalue weighted by molar-refractivity contribution is 9.09. The lowest BCUT2D eigenvalue weighted by Crippen LogP contribution is -2.07. The van der Waals surface area contributed by atoms with Crippen molar-refractivity contribution in [3.63, 3.8) is 0 Å². The molecule has 0 aliphatic carbocycles. The highest BCUT2D eigenvalue weighted by atomic mass is 79.9. The number of rotatable bonds is 4. The van der Waals surface area contributed by atoms with E-state index in [2.05, 4.69) is 27.8 Å². The zero-order chi connectivity index (χ0) is 13.0. The van der Waals surface area contributed by atoms with E-state index in [4.69, 9.17) is 0 Å². The van der Waals surface area contributed by atoms with E-state index in [1.54, 1.807) is 12.4 Å². The van der Waals surface area contributed by atoms with E-state index in [0.717, 1.165) is 17.5 Å². The molecule has 0 saturated heterocycles. The minimum Gasteiger partial charge on any atom is -0.293 e. The second-order valence-electron chi connectivity index (χ2n) is 4.06. The van der Waals surface area contributed by atoms with Gasteiger partial charge in [0, 0.05) is 18.0 Å². The van der Waals surface area contributed by atoms with E-state index in [1.807, 2.05) is 36.4 Å². The van der Waals surface area contributed by atoms with Crippen LogP contribution in [0.2, 0.25) is 0 Å². The van der Waals surface area contributed by atoms with Gasteiger partial charge < -0.3 is 0 Å². The number of aryl methyl sites for hydroxylation is 1. The van der Waals surface area contributed by atoms with E-state index in [9.17, 15) is 4.79 Å². The van der Waals surface area contributed by atoms with E-state index in [-0.39, 0.29) is 10.6 Å². The van der Waals surface area contributed by atoms with Gasteiger partial charge in [-0.25, -0.2) is 0 Å². The number of pyridine rings is 1. The van der Waals surface area contributed by atoms with Crippen molar-refractivity contribution in [1.29, 1.82) is 0 Å². The smallest absolute Gasteiger partial charge is 0.180 e. The molecule has 2 rings (SSSR count). The Morgan fingerprint density at radius 2 is 1.78 bits per heavy atom. The Morgan fingerprint density at radius 3 is 2.33 bits per heavy atom. The van der Waals surface area contributed by atoms with Crippen LogP contribution in [0.25, 0.3) is 0 Å². The van der Waals surface area contributed by atoms with Crippen molar-refractivity contribution in [2.75, 3.05) is 0 Å². The zero-order valence-corrected chi connectivity index (χ0v) is 11.7. The van der Waals surface area contributed by atoms with Gasteiger partial charge in [0.2, 0.25) is 0 Å². The van der Waals surface area contributed by atoms with Gasteiger partial charge in [0.25, 0.3) is 0 Å². The van der Waals surface area contributed by atoms with Crippen molar-refractivity contribution in [3.8, 4) is 0 Å². The molecule has 1 atom stereocenters. The first kappa shape index (κ1) is 13.0. The summed E-state index contributed by atoms with van der Waals surface area (Å²) >= 11 is 3.45. The lowest BCUT2D eigenvalue weighted by Gasteiger charge is -2.09. The molecule has 0 bridgehead atoms. The number of benzene rings is 1. The van der Waals surface area contributed by atoms with Crippen molar-refractivity contribution in [2.24, 2.45) is 0 Å². The number of ketones is 1. The van der Waals surface area contributed by atoms with Gasteiger partial charge in [0.15, 0.2) is 5.78 Å². The van der Waals surface area contributed by atoms with Gasteiger partial charge in [-0.3, -0.25) is 9.78 Å². The molecule has 2 aromatic rings. The Labute approximate surface area is 115 Å². The van der Waals surface area contributed by atoms with Gasteiger partial charge in [-0.05, 0) is 29.7 Å². The van der Waals surface area contributed by atoms with Crippen LogP contribution >= 0.6 is 15.9 Å². The maximum absolute atomic E-state index is 12.3. The first-order chi connectivity index (χ1) is 8.72. The molecular weight excluding hydrogens is 290 g/mol. The number of nitrogens with zero attached hydrogens (tertiary/aromatic N) is 1. The summed E-state index contributed by atoms with van der Waals surface area (Å²) < 4.78 is 0. The summed E-state index contributed by atoms with van der Waals surface area (Å²) in [6.45, 7) is 2.10. The molecule has 1 heterocycles. The summed E-state index contributed by atoms with van der Waals surface area (Å²) in [6, 6.07) is 11.5. The van der Waals surface area contributed by atoms with Crippen LogP contribution in [0.5, 0.6) is 0 Å². The number of alkyl halides is 1. The topological polar surface area (TPSA) is 30.0 Å². The fourth-order valence-electron chi connectivity index (χ4n) is 1.73. The van der Waals surface area contributed by atoms with Crippen LogP contribution < -0.4 is 0 Å². The third-order valence-corrected chi connectivity index (χ3v) is 3.82. The molecule has 0 amide bonds. The molecule has 0 unspecified atom stereocenters. The number of halogens is 1. The maximum atomic E-state index is 12.3. The number of carbonyl (C=O) groups excluding carboxylic acids is 1. The summed E-state index contributed by atoms with van der Waals surface area (Å²) in [4.78, 5) is 15.9. The molecule has 0 fully saturated rings. The Morgan fingerprint density at radius 1 is 1.17 bits per heavy atom. The van der Waals surface area contributed by atoms with E-state index < -0.39 is 0 Å². The number of hydrogen-bond acceptors (Lipinski definition) is 2. The minimum absolute atomic E-state index is 0.0730. The fraction of sp³-hybridized carbons (Fsp3) is 0.200. The molecule has 0 spiro atoms. The fourth-order valence-corrected chi connectivity index (χ4v) is 2.30. The summed E-state index contributed by atoms with van der Waals surface area (Å²) in [5.41, 5.74) is 2.89. The number of carbonyl (C=O) groups is 1. The molecule has 0 N–H and O–H groups in total. The monoisotopic (exact) mass is 303 g/mol. The van der Waals surface area contributed by atoms with Crippen LogP contribution in [0.4, 0.5) is 0 Å². The van der Waals surface area contributed by atoms with Gasteiger partial charge >= 0.3 is 0 Å². The number of Topliss-reactive ketones (excluding diaryl/α,β-unsaturated/α-hetero) is 1. The Kier molecular flexibility index (Phi) is 4.26. The van der Waals surface area contributed by atoms with Crippen LogP contribution in [0.1, 0.15) is 33.2 Å². The van der Waals surface area contributed by atoms with Crippen molar-refractivity contribution >= 4 is 21.7 Å². The number of aromatic nitrogens is 1. The predicted molar refractivity (Wildman–Crippen MR) is 76.1 cm³/mol. The second kappa shape index (κ2) is 5.91. The average molecular weight is 304 g/mol. The SMILES string of the molecule is CCc1ccc(C(=O)[C@@H](Br)c2ccncc2)cc1. The largest absolute Gasteiger partial charge is 0.293 e. The van der Waals surface area contributed by atoms with Crippen LogP contribution in [0, 0.1) is 0 Å². The van der Waals surface area contributed by atoms with Gasteiger partial charge in [-0.1, -0.05) is 47.1 Å². The molecule has 1 aromatic carbocycles. The summed E-state index contributed by atoms with van der Waals surface area (Å²) in [7, 11) is 0. The normalized spacial score (nSPS) is 12.1. The Hall–Kier alpha value is -1.48. The summed E-state index contributed by atoms with van der Waals surface area (Å²) in [6.07, 6.45) is 4.37. The van der Waals surface area contributed by atoms with Gasteiger partial charge in [0.05, 0.1) is 0 Å². The molecule has 2 nitrogen and oxygen atoms in total. The molecule has 18 heavy (non-hydrogen) atoms. The molecular formula is C15H14BrNO. The third kappa shape index (κ3) is 2.85. The number of hydrogen-bond donors (Lipinski definition) is 0. The quantitative estimate of drug-likeness (QED) is 0.632. The van der Waals surface area contributed by atoms with Crippen molar-refractivity contribution in [2.45, 2.75) is 18.2 Å². The zero-order valence-electron chi connectivity index (χ0n) is 10.1. The standard InChI is InChI=1S/C15H14BrNO/c1-2-11-3-5-13(6-4-11)15(18)14(16)12-7-9-17-10-8-12/h3-10,14H,2H2,1H3/t14-/m0/s1. The first-order valence-corrected chi connectivity index (χ1v) is 6.81.